The molecule has 7 nitrogen and oxygen atoms in total. The van der Waals surface area contributed by atoms with Crippen molar-refractivity contribution in [2.45, 2.75) is 63.2 Å². The Kier molecular flexibility index (Phi) is 6.16. The van der Waals surface area contributed by atoms with Gasteiger partial charge in [-0.05, 0) is 37.7 Å². The number of anilines is 2. The molecule has 1 aromatic carbocycles. The fourth-order valence-electron chi connectivity index (χ4n) is 3.79. The van der Waals surface area contributed by atoms with Crippen molar-refractivity contribution in [2.75, 3.05) is 10.6 Å². The third-order valence-electron chi connectivity index (χ3n) is 5.39. The molecule has 1 atom stereocenters. The van der Waals surface area contributed by atoms with Crippen molar-refractivity contribution < 1.29 is 0 Å². The molecule has 154 valence electrons. The van der Waals surface area contributed by atoms with Crippen molar-refractivity contribution in [3.63, 3.8) is 0 Å². The fraction of sp³-hybridized carbons (Fsp3) is 0.476. The number of fused-ring (bicyclic) bond motifs is 1. The molecule has 29 heavy (non-hydrogen) atoms. The molecule has 3 aromatic rings. The first kappa shape index (κ1) is 19.9. The molecular weight excluding hydrogens is 386 g/mol. The highest BCUT2D eigenvalue weighted by molar-refractivity contribution is 6.22. The first-order chi connectivity index (χ1) is 14.1. The number of imidazole rings is 1. The Bertz CT molecular complexity index is 935. The number of nitrogens with two attached hydrogens (primary N) is 1. The molecule has 0 radical (unpaired) electrons. The van der Waals surface area contributed by atoms with Crippen LogP contribution in [0.4, 0.5) is 11.8 Å². The van der Waals surface area contributed by atoms with E-state index < -0.39 is 5.50 Å². The van der Waals surface area contributed by atoms with Gasteiger partial charge in [-0.1, -0.05) is 48.9 Å². The predicted molar refractivity (Wildman–Crippen MR) is 118 cm³/mol. The molecule has 2 aromatic heterocycles. The standard InChI is InChI=1S/C21H28ClN7/c1-2-12-29-13-24-17-19(26-18(22)14-6-4-3-5-7-14)27-21(28-20(17)29)25-16-10-8-15(23)9-11-16/h3-7,13,15-16,18H,2,8-12,23H2,1H3,(H2,25,26,27,28). The molecular formula is C21H28ClN7. The lowest BCUT2D eigenvalue weighted by Crippen LogP contribution is -2.33. The lowest BCUT2D eigenvalue weighted by molar-refractivity contribution is 0.410. The van der Waals surface area contributed by atoms with E-state index in [1.54, 1.807) is 0 Å². The molecule has 1 aliphatic rings. The zero-order chi connectivity index (χ0) is 20.2. The van der Waals surface area contributed by atoms with Crippen molar-refractivity contribution in [3.05, 3.63) is 42.2 Å². The summed E-state index contributed by atoms with van der Waals surface area (Å²) in [6.45, 7) is 2.99. The summed E-state index contributed by atoms with van der Waals surface area (Å²) in [5.41, 5.74) is 8.16. The van der Waals surface area contributed by atoms with Gasteiger partial charge in [0.15, 0.2) is 17.0 Å². The fourth-order valence-corrected chi connectivity index (χ4v) is 4.03. The number of benzene rings is 1. The van der Waals surface area contributed by atoms with Gasteiger partial charge in [-0.3, -0.25) is 0 Å². The first-order valence-electron chi connectivity index (χ1n) is 10.3. The van der Waals surface area contributed by atoms with Crippen LogP contribution in [-0.2, 0) is 6.54 Å². The third kappa shape index (κ3) is 4.62. The van der Waals surface area contributed by atoms with E-state index in [9.17, 15) is 0 Å². The van der Waals surface area contributed by atoms with Gasteiger partial charge in [0, 0.05) is 18.6 Å². The van der Waals surface area contributed by atoms with Gasteiger partial charge in [-0.2, -0.15) is 9.97 Å². The number of rotatable bonds is 7. The van der Waals surface area contributed by atoms with E-state index in [1.165, 1.54) is 0 Å². The van der Waals surface area contributed by atoms with Gasteiger partial charge in [-0.15, -0.1) is 0 Å². The third-order valence-corrected chi connectivity index (χ3v) is 5.75. The Morgan fingerprint density at radius 2 is 1.93 bits per heavy atom. The molecule has 0 saturated heterocycles. The second kappa shape index (κ2) is 8.97. The molecule has 4 rings (SSSR count). The van der Waals surface area contributed by atoms with Crippen LogP contribution in [0.25, 0.3) is 11.2 Å². The van der Waals surface area contributed by atoms with E-state index >= 15 is 0 Å². The van der Waals surface area contributed by atoms with Crippen LogP contribution in [0, 0.1) is 0 Å². The van der Waals surface area contributed by atoms with Crippen molar-refractivity contribution in [1.82, 2.24) is 19.5 Å². The van der Waals surface area contributed by atoms with Gasteiger partial charge in [0.1, 0.15) is 5.50 Å². The summed E-state index contributed by atoms with van der Waals surface area (Å²) in [6, 6.07) is 10.5. The van der Waals surface area contributed by atoms with Crippen LogP contribution in [0.2, 0.25) is 0 Å². The molecule has 1 fully saturated rings. The second-order valence-corrected chi connectivity index (χ2v) is 8.12. The van der Waals surface area contributed by atoms with Crippen LogP contribution in [-0.4, -0.2) is 31.6 Å². The average molecular weight is 414 g/mol. The summed E-state index contributed by atoms with van der Waals surface area (Å²) in [7, 11) is 0. The van der Waals surface area contributed by atoms with Crippen molar-refractivity contribution in [2.24, 2.45) is 5.73 Å². The van der Waals surface area contributed by atoms with Crippen LogP contribution in [0.3, 0.4) is 0 Å². The second-order valence-electron chi connectivity index (χ2n) is 7.68. The van der Waals surface area contributed by atoms with Crippen molar-refractivity contribution in [1.29, 1.82) is 0 Å². The Balaban J connectivity index is 1.64. The summed E-state index contributed by atoms with van der Waals surface area (Å²) in [5, 5.41) is 6.82. The minimum absolute atomic E-state index is 0.308. The molecule has 0 bridgehead atoms. The molecule has 0 spiro atoms. The van der Waals surface area contributed by atoms with Crippen molar-refractivity contribution in [3.8, 4) is 0 Å². The zero-order valence-corrected chi connectivity index (χ0v) is 17.4. The number of nitrogens with zero attached hydrogens (tertiary/aromatic N) is 4. The smallest absolute Gasteiger partial charge is 0.227 e. The summed E-state index contributed by atoms with van der Waals surface area (Å²) in [4.78, 5) is 14.1. The summed E-state index contributed by atoms with van der Waals surface area (Å²) in [6.07, 6.45) is 6.93. The number of hydrogen-bond donors (Lipinski definition) is 3. The highest BCUT2D eigenvalue weighted by atomic mass is 35.5. The van der Waals surface area contributed by atoms with Crippen LogP contribution < -0.4 is 16.4 Å². The van der Waals surface area contributed by atoms with Gasteiger partial charge in [0.25, 0.3) is 0 Å². The minimum atomic E-state index is -0.411. The number of nitrogens with one attached hydrogen (secondary N) is 2. The monoisotopic (exact) mass is 413 g/mol. The van der Waals surface area contributed by atoms with Crippen LogP contribution in [0.1, 0.15) is 50.1 Å². The summed E-state index contributed by atoms with van der Waals surface area (Å²) in [5.74, 6) is 1.25. The largest absolute Gasteiger partial charge is 0.351 e. The molecule has 8 heteroatoms. The van der Waals surface area contributed by atoms with E-state index in [0.717, 1.165) is 55.4 Å². The van der Waals surface area contributed by atoms with Crippen LogP contribution >= 0.6 is 11.6 Å². The van der Waals surface area contributed by atoms with Gasteiger partial charge >= 0.3 is 0 Å². The topological polar surface area (TPSA) is 93.7 Å². The maximum absolute atomic E-state index is 6.63. The maximum Gasteiger partial charge on any atom is 0.227 e. The number of halogens is 1. The molecule has 0 aliphatic heterocycles. The average Bonchev–Trinajstić information content (AvgIpc) is 3.14. The molecule has 1 saturated carbocycles. The Hall–Kier alpha value is -2.38. The van der Waals surface area contributed by atoms with Gasteiger partial charge < -0.3 is 20.9 Å². The van der Waals surface area contributed by atoms with Crippen molar-refractivity contribution >= 4 is 34.5 Å². The van der Waals surface area contributed by atoms with E-state index in [2.05, 4.69) is 27.1 Å². The number of aryl methyl sites for hydroxylation is 1. The van der Waals surface area contributed by atoms with Crippen LogP contribution in [0.5, 0.6) is 0 Å². The van der Waals surface area contributed by atoms with Gasteiger partial charge in [-0.25, -0.2) is 4.98 Å². The molecule has 1 aliphatic carbocycles. The Morgan fingerprint density at radius 3 is 2.66 bits per heavy atom. The summed E-state index contributed by atoms with van der Waals surface area (Å²) < 4.78 is 2.07. The molecule has 2 heterocycles. The Morgan fingerprint density at radius 1 is 1.17 bits per heavy atom. The Labute approximate surface area is 176 Å². The van der Waals surface area contributed by atoms with Gasteiger partial charge in [0.2, 0.25) is 5.95 Å². The van der Waals surface area contributed by atoms with Crippen LogP contribution in [0.15, 0.2) is 36.7 Å². The normalized spacial score (nSPS) is 20.5. The first-order valence-corrected chi connectivity index (χ1v) is 10.8. The van der Waals surface area contributed by atoms with Gasteiger partial charge in [0.05, 0.1) is 6.33 Å². The highest BCUT2D eigenvalue weighted by Crippen LogP contribution is 2.28. The SMILES string of the molecule is CCCn1cnc2c(NC(Cl)c3ccccc3)nc(NC3CCC(N)CC3)nc21. The summed E-state index contributed by atoms with van der Waals surface area (Å²) >= 11 is 6.63. The van der Waals surface area contributed by atoms with E-state index in [1.807, 2.05) is 36.7 Å². The van der Waals surface area contributed by atoms with E-state index in [0.29, 0.717) is 23.8 Å². The molecule has 4 N–H and O–H groups in total. The maximum atomic E-state index is 6.63. The molecule has 0 amide bonds. The quantitative estimate of drug-likeness (QED) is 0.395. The zero-order valence-electron chi connectivity index (χ0n) is 16.7. The lowest BCUT2D eigenvalue weighted by atomic mass is 9.92. The number of hydrogen-bond acceptors (Lipinski definition) is 6. The van der Waals surface area contributed by atoms with E-state index in [4.69, 9.17) is 27.3 Å². The highest BCUT2D eigenvalue weighted by Gasteiger charge is 2.21. The molecule has 1 unspecified atom stereocenters. The predicted octanol–water partition coefficient (Wildman–Crippen LogP) is 4.27. The van der Waals surface area contributed by atoms with E-state index in [-0.39, 0.29) is 0 Å². The minimum Gasteiger partial charge on any atom is -0.351 e. The number of alkyl halides is 1. The lowest BCUT2D eigenvalue weighted by Gasteiger charge is -2.27. The number of aromatic nitrogens is 4.